The second-order valence-corrected chi connectivity index (χ2v) is 39.0. The van der Waals surface area contributed by atoms with Gasteiger partial charge in [0.05, 0.1) is 22.1 Å². The van der Waals surface area contributed by atoms with Gasteiger partial charge in [-0.3, -0.25) is 15.0 Å². The van der Waals surface area contributed by atoms with E-state index < -0.39 is 5.92 Å². The number of hydrogen-bond donors (Lipinski definition) is 0. The Hall–Kier alpha value is -9.73. The van der Waals surface area contributed by atoms with E-state index in [1.54, 1.807) is 0 Å². The molecule has 15 rings (SSSR count). The molecule has 1 fully saturated rings. The van der Waals surface area contributed by atoms with Gasteiger partial charge in [0.2, 0.25) is 5.92 Å². The molecule has 0 amide bonds. The van der Waals surface area contributed by atoms with Crippen molar-refractivity contribution in [2.24, 2.45) is 0 Å². The minimum Gasteiger partial charge on any atom is -0.258 e. The average molecular weight is 1570 g/mol. The maximum Gasteiger partial charge on any atom is 0.248 e. The molecular weight excluding hydrogens is 1430 g/mol. The predicted octanol–water partition coefficient (Wildman–Crippen LogP) is 30.5. The summed E-state index contributed by atoms with van der Waals surface area (Å²) in [5.41, 5.74) is 28.4. The lowest BCUT2D eigenvalue weighted by molar-refractivity contribution is -0.0381. The van der Waals surface area contributed by atoms with Gasteiger partial charge < -0.3 is 0 Å². The number of aromatic nitrogens is 7. The van der Waals surface area contributed by atoms with Gasteiger partial charge in [-0.2, -0.15) is 0 Å². The first-order chi connectivity index (χ1) is 54.5. The van der Waals surface area contributed by atoms with Crippen molar-refractivity contribution in [1.29, 1.82) is 0 Å². The molecule has 0 saturated heterocycles. The molecule has 1 saturated carbocycles. The van der Waals surface area contributed by atoms with Gasteiger partial charge in [-0.15, -0.1) is 0 Å². The molecule has 0 bridgehead atoms. The fourth-order valence-electron chi connectivity index (χ4n) is 16.4. The quantitative estimate of drug-likeness (QED) is 0.173. The van der Waals surface area contributed by atoms with Gasteiger partial charge >= 0.3 is 0 Å². The number of fused-ring (bicyclic) bond motifs is 7. The number of aryl methyl sites for hydroxylation is 13. The molecule has 0 N–H and O–H groups in total. The lowest BCUT2D eigenvalue weighted by Crippen LogP contribution is -2.23. The van der Waals surface area contributed by atoms with Crippen LogP contribution in [0, 0.1) is 90.0 Å². The molecule has 0 radical (unpaired) electrons. The molecule has 0 aliphatic heterocycles. The summed E-state index contributed by atoms with van der Waals surface area (Å²) in [4.78, 5) is 31.7. The highest BCUT2D eigenvalue weighted by molar-refractivity contribution is 5.92. The zero-order valence-corrected chi connectivity index (χ0v) is 76.9. The van der Waals surface area contributed by atoms with Crippen molar-refractivity contribution in [2.75, 3.05) is 0 Å². The van der Waals surface area contributed by atoms with Crippen LogP contribution < -0.4 is 0 Å². The van der Waals surface area contributed by atoms with Gasteiger partial charge in [-0.25, -0.2) is 28.7 Å². The molecule has 9 aromatic carbocycles. The third-order valence-corrected chi connectivity index (χ3v) is 23.0. The molecule has 0 atom stereocenters. The number of alkyl halides is 2. The van der Waals surface area contributed by atoms with Crippen LogP contribution >= 0.6 is 0 Å². The highest BCUT2D eigenvalue weighted by atomic mass is 19.3. The van der Waals surface area contributed by atoms with Gasteiger partial charge in [0.15, 0.2) is 0 Å². The highest BCUT2D eigenvalue weighted by Crippen LogP contribution is 2.44. The van der Waals surface area contributed by atoms with Crippen LogP contribution in [0.2, 0.25) is 0 Å². The Kier molecular flexibility index (Phi) is 28.6. The predicted molar refractivity (Wildman–Crippen MR) is 501 cm³/mol. The maximum atomic E-state index is 13.3. The monoisotopic (exact) mass is 1570 g/mol. The Morgan fingerprint density at radius 2 is 0.735 bits per heavy atom. The first kappa shape index (κ1) is 91.2. The summed E-state index contributed by atoms with van der Waals surface area (Å²) in [7, 11) is 0. The van der Waals surface area contributed by atoms with E-state index in [4.69, 9.17) is 0 Å². The van der Waals surface area contributed by atoms with E-state index in [9.17, 15) is 8.78 Å². The van der Waals surface area contributed by atoms with Gasteiger partial charge in [0.1, 0.15) is 11.6 Å². The fraction of sp³-hybridized carbons (Fsp3) is 0.417. The fourth-order valence-corrected chi connectivity index (χ4v) is 16.4. The van der Waals surface area contributed by atoms with Crippen molar-refractivity contribution < 1.29 is 8.78 Å². The van der Waals surface area contributed by atoms with Crippen LogP contribution in [0.4, 0.5) is 8.78 Å². The molecule has 1 aliphatic rings. The second-order valence-electron chi connectivity index (χ2n) is 39.0. The van der Waals surface area contributed by atoms with E-state index in [0.29, 0.717) is 18.3 Å². The number of halogens is 2. The zero-order valence-electron chi connectivity index (χ0n) is 76.9. The third-order valence-electron chi connectivity index (χ3n) is 23.0. The molecule has 5 aromatic heterocycles. The number of rotatable bonds is 4. The van der Waals surface area contributed by atoms with Crippen LogP contribution in [0.5, 0.6) is 0 Å². The molecule has 0 unspecified atom stereocenters. The van der Waals surface area contributed by atoms with Crippen LogP contribution in [0.1, 0.15) is 281 Å². The van der Waals surface area contributed by atoms with Crippen molar-refractivity contribution >= 4 is 75.9 Å². The third kappa shape index (κ3) is 23.2. The van der Waals surface area contributed by atoms with E-state index in [0.717, 1.165) is 61.9 Å². The lowest BCUT2D eigenvalue weighted by Gasteiger charge is -2.29. The van der Waals surface area contributed by atoms with E-state index in [1.165, 1.54) is 139 Å². The zero-order chi connectivity index (χ0) is 86.4. The molecule has 7 nitrogen and oxygen atoms in total. The van der Waals surface area contributed by atoms with Crippen molar-refractivity contribution in [2.45, 2.75) is 297 Å². The largest absolute Gasteiger partial charge is 0.258 e. The van der Waals surface area contributed by atoms with Gasteiger partial charge in [-0.05, 0) is 262 Å². The van der Waals surface area contributed by atoms with Crippen LogP contribution in [0.15, 0.2) is 176 Å². The molecule has 1 aliphatic carbocycles. The molecule has 14 aromatic rings. The summed E-state index contributed by atoms with van der Waals surface area (Å²) in [6.45, 7) is 67.7. The van der Waals surface area contributed by atoms with Crippen molar-refractivity contribution in [1.82, 2.24) is 34.9 Å². The molecule has 9 heteroatoms. The summed E-state index contributed by atoms with van der Waals surface area (Å²) in [5.74, 6) is -0.480. The van der Waals surface area contributed by atoms with Crippen molar-refractivity contribution in [3.05, 3.63) is 288 Å². The van der Waals surface area contributed by atoms with E-state index >= 15 is 0 Å². The first-order valence-corrected chi connectivity index (χ1v) is 42.5. The molecule has 5 heterocycles. The number of nitrogens with zero attached hydrogens (tertiary/aromatic N) is 7. The normalized spacial score (nSPS) is 13.3. The van der Waals surface area contributed by atoms with Crippen molar-refractivity contribution in [3.8, 4) is 0 Å². The topological polar surface area (TPSA) is 90.2 Å². The Bertz CT molecular complexity index is 5750. The Balaban J connectivity index is 0.000000156. The Morgan fingerprint density at radius 3 is 1.26 bits per heavy atom. The smallest absolute Gasteiger partial charge is 0.248 e. The first-order valence-electron chi connectivity index (χ1n) is 42.5. The number of pyridine rings is 3. The summed E-state index contributed by atoms with van der Waals surface area (Å²) in [6, 6.07) is 58.8. The standard InChI is InChI=1S/C17H18F2.C17H22.C16H21N.C15H20N2.C15H19N.C14H18N2.C14H17N/c1-12-10-14-4-2-3-5-15(14)16(11-12)13-6-8-17(18,19)9-7-13;1-5-17(4,6-2)16-12-13(3)11-14-9-7-8-10-15(14)16;1-10-7-13-9-11(2)17-12(3)15(13)14(8-10)16(4,5)6;1-9-7-12-10(2)16-11(3)17-14(12)13(8-9)15(4,5)6;1-10-8-12-7-6-11(2)16-14(12)13(9-10)15(3,4)5;1-9-6-11-8-15-10(2)16-13(11)12(7-9)14(3,4)5;1-10-8-11-6-5-7-15-13(11)12(9-10)14(2,3)4/h2-5,10-11,13H,6-9H2,1H3;7-12H,5-6H2,1-4H3;7-9H,1-6H3;7-8H,1-6H3;6-9H,1-5H3;6-8H,1-5H3;5-9H,1-4H3. The van der Waals surface area contributed by atoms with Crippen LogP contribution in [0.25, 0.3) is 75.9 Å². The summed E-state index contributed by atoms with van der Waals surface area (Å²) in [6.07, 6.45) is 7.42. The summed E-state index contributed by atoms with van der Waals surface area (Å²) < 4.78 is 26.6. The second kappa shape index (κ2) is 36.6. The van der Waals surface area contributed by atoms with Gasteiger partial charge in [-0.1, -0.05) is 285 Å². The summed E-state index contributed by atoms with van der Waals surface area (Å²) in [5, 5.41) is 12.7. The average Bonchev–Trinajstić information content (AvgIpc) is 0.805. The van der Waals surface area contributed by atoms with Crippen molar-refractivity contribution in [3.63, 3.8) is 0 Å². The van der Waals surface area contributed by atoms with E-state index in [-0.39, 0.29) is 45.8 Å². The maximum absolute atomic E-state index is 13.3. The summed E-state index contributed by atoms with van der Waals surface area (Å²) >= 11 is 0. The number of benzene rings is 9. The molecule has 0 spiro atoms. The van der Waals surface area contributed by atoms with E-state index in [2.05, 4.69) is 374 Å². The highest BCUT2D eigenvalue weighted by Gasteiger charge is 2.36. The van der Waals surface area contributed by atoms with Gasteiger partial charge in [0, 0.05) is 74.9 Å². The van der Waals surface area contributed by atoms with Crippen LogP contribution in [-0.2, 0) is 32.5 Å². The molecule has 117 heavy (non-hydrogen) atoms. The van der Waals surface area contributed by atoms with E-state index in [1.807, 2.05) is 51.4 Å². The minimum absolute atomic E-state index is 0.0277. The lowest BCUT2D eigenvalue weighted by atomic mass is 9.75. The van der Waals surface area contributed by atoms with Crippen LogP contribution in [0.3, 0.4) is 0 Å². The Labute approximate surface area is 701 Å². The number of hydrogen-bond acceptors (Lipinski definition) is 7. The molecular formula is C108H135F2N7. The van der Waals surface area contributed by atoms with Gasteiger partial charge in [0.25, 0.3) is 0 Å². The molecule has 616 valence electrons. The van der Waals surface area contributed by atoms with Crippen LogP contribution in [-0.4, -0.2) is 40.8 Å². The Morgan fingerprint density at radius 1 is 0.325 bits per heavy atom. The SMILES string of the molecule is CCC(C)(CC)c1cc(C)cc2ccccc12.Cc1cc(C(C)(C)C)c2c(C)nc(C)cc2c1.Cc1cc(C(C)(C)C)c2nc(C)ccc2c1.Cc1cc(C(C)(C)C)c2nc(C)nc(C)c2c1.Cc1cc(C(C)(C)C)c2nc(C)ncc2c1.Cc1cc(C(C)(C)C)c2ncccc2c1.Cc1cc(C2CCC(F)(F)CC2)c2ccccc2c1. The minimum atomic E-state index is -2.45.